The van der Waals surface area contributed by atoms with Crippen LogP contribution in [0.5, 0.6) is 0 Å². The molecule has 0 aromatic carbocycles. The van der Waals surface area contributed by atoms with Gasteiger partial charge in [-0.15, -0.1) is 0 Å². The first-order valence-corrected chi connectivity index (χ1v) is 12.8. The second-order valence-corrected chi connectivity index (χ2v) is 9.80. The minimum absolute atomic E-state index is 1.14. The Labute approximate surface area is 160 Å². The minimum atomic E-state index is -1.37. The first-order valence-electron chi connectivity index (χ1n) is 11.1. The van der Waals surface area contributed by atoms with Gasteiger partial charge in [-0.05, 0) is 44.9 Å². The van der Waals surface area contributed by atoms with Crippen LogP contribution in [-0.4, -0.2) is 48.0 Å². The summed E-state index contributed by atoms with van der Waals surface area (Å²) in [6, 6.07) is 1.14. The first-order chi connectivity index (χ1) is 12.3. The molecule has 4 heteroatoms. The second-order valence-electron chi connectivity index (χ2n) is 7.42. The van der Waals surface area contributed by atoms with Crippen molar-refractivity contribution in [2.24, 2.45) is 0 Å². The first kappa shape index (κ1) is 25.1. The average molecular weight is 374 g/mol. The molecule has 0 aliphatic carbocycles. The number of rotatable bonds is 20. The summed E-state index contributed by atoms with van der Waals surface area (Å²) in [6.45, 7) is 8.37. The molecular formula is C21H47NO2Si. The smallest absolute Gasteiger partial charge is 0.320 e. The lowest BCUT2D eigenvalue weighted by Gasteiger charge is -2.23. The van der Waals surface area contributed by atoms with Gasteiger partial charge < -0.3 is 13.8 Å². The topological polar surface area (TPSA) is 21.7 Å². The average Bonchev–Trinajstić information content (AvgIpc) is 2.63. The molecule has 0 radical (unpaired) electrons. The van der Waals surface area contributed by atoms with Crippen LogP contribution < -0.4 is 0 Å². The van der Waals surface area contributed by atoms with E-state index in [1.54, 1.807) is 14.2 Å². The van der Waals surface area contributed by atoms with Gasteiger partial charge in [0.15, 0.2) is 0 Å². The Morgan fingerprint density at radius 2 is 0.960 bits per heavy atom. The molecule has 3 nitrogen and oxygen atoms in total. The predicted molar refractivity (Wildman–Crippen MR) is 114 cm³/mol. The Morgan fingerprint density at radius 1 is 0.560 bits per heavy atom. The number of unbranched alkanes of at least 4 members (excludes halogenated alkanes) is 10. The molecule has 0 unspecified atom stereocenters. The van der Waals surface area contributed by atoms with Crippen LogP contribution in [0.25, 0.3) is 0 Å². The highest BCUT2D eigenvalue weighted by Crippen LogP contribution is 2.10. The highest BCUT2D eigenvalue weighted by Gasteiger charge is 2.11. The molecule has 0 heterocycles. The van der Waals surface area contributed by atoms with E-state index in [1.807, 2.05) is 0 Å². The van der Waals surface area contributed by atoms with Crippen LogP contribution in [0.2, 0.25) is 6.04 Å². The molecule has 0 aliphatic rings. The molecule has 0 saturated carbocycles. The van der Waals surface area contributed by atoms with Crippen molar-refractivity contribution in [2.75, 3.05) is 33.9 Å². The van der Waals surface area contributed by atoms with Gasteiger partial charge >= 0.3 is 9.28 Å². The summed E-state index contributed by atoms with van der Waals surface area (Å²) >= 11 is 0. The molecular weight excluding hydrogens is 326 g/mol. The van der Waals surface area contributed by atoms with Gasteiger partial charge in [0.1, 0.15) is 0 Å². The van der Waals surface area contributed by atoms with E-state index in [2.05, 4.69) is 18.7 Å². The third-order valence-electron chi connectivity index (χ3n) is 5.10. The molecule has 0 rings (SSSR count). The van der Waals surface area contributed by atoms with Crippen LogP contribution in [-0.2, 0) is 8.85 Å². The molecule has 0 aromatic rings. The van der Waals surface area contributed by atoms with E-state index in [0.29, 0.717) is 0 Å². The number of hydrogen-bond donors (Lipinski definition) is 0. The maximum absolute atomic E-state index is 5.45. The van der Waals surface area contributed by atoms with E-state index in [4.69, 9.17) is 8.85 Å². The standard InChI is InChI=1S/C21H47NO2Si/c1-5-7-9-11-13-15-18-22(19-16-14-12-10-8-6-2)20-17-21-25(23-3)24-4/h25H,5-21H2,1-4H3. The lowest BCUT2D eigenvalue weighted by atomic mass is 10.1. The minimum Gasteiger partial charge on any atom is -0.400 e. The molecule has 0 aromatic heterocycles. The van der Waals surface area contributed by atoms with Crippen molar-refractivity contribution in [1.29, 1.82) is 0 Å². The third kappa shape index (κ3) is 17.3. The number of nitrogens with zero attached hydrogens (tertiary/aromatic N) is 1. The van der Waals surface area contributed by atoms with Crippen LogP contribution in [0, 0.1) is 0 Å². The summed E-state index contributed by atoms with van der Waals surface area (Å²) < 4.78 is 10.9. The third-order valence-corrected chi connectivity index (χ3v) is 7.03. The molecule has 0 N–H and O–H groups in total. The monoisotopic (exact) mass is 373 g/mol. The lowest BCUT2D eigenvalue weighted by Crippen LogP contribution is -2.29. The Balaban J connectivity index is 3.91. The van der Waals surface area contributed by atoms with Gasteiger partial charge in [0.05, 0.1) is 0 Å². The van der Waals surface area contributed by atoms with Crippen molar-refractivity contribution in [1.82, 2.24) is 4.90 Å². The summed E-state index contributed by atoms with van der Waals surface area (Å²) in [7, 11) is 2.22. The van der Waals surface area contributed by atoms with E-state index in [-0.39, 0.29) is 0 Å². The molecule has 0 saturated heterocycles. The fraction of sp³-hybridized carbons (Fsp3) is 1.00. The summed E-state index contributed by atoms with van der Waals surface area (Å²) in [5, 5.41) is 0. The molecule has 152 valence electrons. The van der Waals surface area contributed by atoms with Crippen molar-refractivity contribution >= 4 is 9.28 Å². The van der Waals surface area contributed by atoms with Crippen LogP contribution in [0.15, 0.2) is 0 Å². The zero-order valence-electron chi connectivity index (χ0n) is 17.9. The van der Waals surface area contributed by atoms with Crippen LogP contribution in [0.4, 0.5) is 0 Å². The van der Waals surface area contributed by atoms with Crippen LogP contribution >= 0.6 is 0 Å². The fourth-order valence-corrected chi connectivity index (χ4v) is 4.56. The summed E-state index contributed by atoms with van der Waals surface area (Å²) in [5.41, 5.74) is 0. The molecule has 0 bridgehead atoms. The van der Waals surface area contributed by atoms with E-state index in [1.165, 1.54) is 103 Å². The van der Waals surface area contributed by atoms with Gasteiger partial charge in [-0.25, -0.2) is 0 Å². The maximum atomic E-state index is 5.45. The highest BCUT2D eigenvalue weighted by molar-refractivity contribution is 6.44. The van der Waals surface area contributed by atoms with Crippen LogP contribution in [0.1, 0.15) is 97.3 Å². The largest absolute Gasteiger partial charge is 0.400 e. The molecule has 0 fully saturated rings. The van der Waals surface area contributed by atoms with Crippen molar-refractivity contribution in [2.45, 2.75) is 103 Å². The molecule has 0 spiro atoms. The quantitative estimate of drug-likeness (QED) is 0.195. The Hall–Kier alpha value is 0.0969. The Bertz CT molecular complexity index is 234. The second kappa shape index (κ2) is 20.4. The van der Waals surface area contributed by atoms with Gasteiger partial charge in [0.2, 0.25) is 0 Å². The van der Waals surface area contributed by atoms with E-state index in [0.717, 1.165) is 6.04 Å². The normalized spacial score (nSPS) is 11.8. The van der Waals surface area contributed by atoms with Crippen molar-refractivity contribution in [3.05, 3.63) is 0 Å². The lowest BCUT2D eigenvalue weighted by molar-refractivity contribution is 0.248. The van der Waals surface area contributed by atoms with Gasteiger partial charge in [0.25, 0.3) is 0 Å². The zero-order valence-corrected chi connectivity index (χ0v) is 19.0. The van der Waals surface area contributed by atoms with Crippen molar-refractivity contribution < 1.29 is 8.85 Å². The van der Waals surface area contributed by atoms with E-state index >= 15 is 0 Å². The number of hydrogen-bond acceptors (Lipinski definition) is 3. The van der Waals surface area contributed by atoms with Gasteiger partial charge in [-0.3, -0.25) is 0 Å². The zero-order chi connectivity index (χ0) is 18.6. The van der Waals surface area contributed by atoms with Crippen molar-refractivity contribution in [3.8, 4) is 0 Å². The Morgan fingerprint density at radius 3 is 1.40 bits per heavy atom. The molecule has 0 amide bonds. The van der Waals surface area contributed by atoms with E-state index in [9.17, 15) is 0 Å². The molecule has 0 atom stereocenters. The summed E-state index contributed by atoms with van der Waals surface area (Å²) in [6.07, 6.45) is 17.9. The maximum Gasteiger partial charge on any atom is 0.320 e. The van der Waals surface area contributed by atoms with Gasteiger partial charge in [-0.2, -0.15) is 0 Å². The van der Waals surface area contributed by atoms with Crippen LogP contribution in [0.3, 0.4) is 0 Å². The molecule has 25 heavy (non-hydrogen) atoms. The predicted octanol–water partition coefficient (Wildman–Crippen LogP) is 5.91. The van der Waals surface area contributed by atoms with Gasteiger partial charge in [0, 0.05) is 14.2 Å². The SMILES string of the molecule is CCCCCCCCN(CCCCCCCC)CCC[SiH](OC)OC. The Kier molecular flexibility index (Phi) is 20.5. The summed E-state index contributed by atoms with van der Waals surface area (Å²) in [4.78, 5) is 2.70. The fourth-order valence-electron chi connectivity index (χ4n) is 3.38. The highest BCUT2D eigenvalue weighted by atomic mass is 28.3. The summed E-state index contributed by atoms with van der Waals surface area (Å²) in [5.74, 6) is 0. The van der Waals surface area contributed by atoms with Crippen molar-refractivity contribution in [3.63, 3.8) is 0 Å². The molecule has 0 aliphatic heterocycles. The van der Waals surface area contributed by atoms with Gasteiger partial charge in [-0.1, -0.05) is 78.1 Å². The van der Waals surface area contributed by atoms with E-state index < -0.39 is 9.28 Å².